The summed E-state index contributed by atoms with van der Waals surface area (Å²) in [5, 5.41) is 37.3. The molecule has 0 bridgehead atoms. The fourth-order valence-corrected chi connectivity index (χ4v) is 2.30. The van der Waals surface area contributed by atoms with Crippen molar-refractivity contribution in [1.82, 2.24) is 15.0 Å². The number of nitrogens with zero attached hydrogens (tertiary/aromatic N) is 3. The standard InChI is InChI=1S/C16H18F3N3O6/c1-3-27-15(26)11-12(14(25)13(24)8(2)23)22(21-20-11)9-4-6-10(7-5-9)28-16(17,18)19/h4-8,13-14,23-25H,3H2,1-2H3/t8-,13-,14-/m0/s1. The van der Waals surface area contributed by atoms with Crippen LogP contribution in [0.15, 0.2) is 24.3 Å². The minimum atomic E-state index is -4.87. The van der Waals surface area contributed by atoms with Crippen molar-refractivity contribution in [3.05, 3.63) is 35.7 Å². The van der Waals surface area contributed by atoms with Gasteiger partial charge in [0.25, 0.3) is 0 Å². The van der Waals surface area contributed by atoms with Gasteiger partial charge in [-0.3, -0.25) is 0 Å². The molecule has 0 aliphatic heterocycles. The zero-order chi connectivity index (χ0) is 21.1. The molecule has 0 amide bonds. The van der Waals surface area contributed by atoms with E-state index in [9.17, 15) is 33.3 Å². The third-order valence-electron chi connectivity index (χ3n) is 3.59. The highest BCUT2D eigenvalue weighted by Gasteiger charge is 2.34. The van der Waals surface area contributed by atoms with E-state index in [0.29, 0.717) is 0 Å². The van der Waals surface area contributed by atoms with Crippen LogP contribution in [0.25, 0.3) is 5.69 Å². The van der Waals surface area contributed by atoms with Crippen molar-refractivity contribution in [2.24, 2.45) is 0 Å². The predicted molar refractivity (Wildman–Crippen MR) is 86.6 cm³/mol. The highest BCUT2D eigenvalue weighted by Crippen LogP contribution is 2.27. The van der Waals surface area contributed by atoms with Gasteiger partial charge in [-0.15, -0.1) is 18.3 Å². The molecule has 2 aromatic rings. The minimum Gasteiger partial charge on any atom is -0.461 e. The van der Waals surface area contributed by atoms with E-state index in [1.807, 2.05) is 0 Å². The van der Waals surface area contributed by atoms with Crippen LogP contribution in [0.4, 0.5) is 13.2 Å². The number of halogens is 3. The Bertz CT molecular complexity index is 807. The molecule has 3 atom stereocenters. The number of alkyl halides is 3. The van der Waals surface area contributed by atoms with Crippen LogP contribution in [0.3, 0.4) is 0 Å². The smallest absolute Gasteiger partial charge is 0.461 e. The molecule has 0 aliphatic carbocycles. The second-order valence-corrected chi connectivity index (χ2v) is 5.67. The number of hydrogen-bond donors (Lipinski definition) is 3. The number of rotatable bonds is 7. The van der Waals surface area contributed by atoms with Crippen molar-refractivity contribution < 1.29 is 42.8 Å². The molecular formula is C16H18F3N3O6. The Morgan fingerprint density at radius 2 is 1.82 bits per heavy atom. The number of aliphatic hydroxyl groups excluding tert-OH is 3. The first-order valence-electron chi connectivity index (χ1n) is 8.08. The number of ether oxygens (including phenoxy) is 2. The van der Waals surface area contributed by atoms with Crippen LogP contribution in [0.2, 0.25) is 0 Å². The minimum absolute atomic E-state index is 0.00363. The summed E-state index contributed by atoms with van der Waals surface area (Å²) in [6.45, 7) is 2.77. The van der Waals surface area contributed by atoms with E-state index in [-0.39, 0.29) is 18.0 Å². The van der Waals surface area contributed by atoms with Gasteiger partial charge in [0.05, 0.1) is 18.4 Å². The number of esters is 1. The number of carbonyl (C=O) groups excluding carboxylic acids is 1. The van der Waals surface area contributed by atoms with Gasteiger partial charge in [0.15, 0.2) is 5.69 Å². The first-order valence-corrected chi connectivity index (χ1v) is 8.08. The fourth-order valence-electron chi connectivity index (χ4n) is 2.30. The van der Waals surface area contributed by atoms with Gasteiger partial charge in [0, 0.05) is 0 Å². The predicted octanol–water partition coefficient (Wildman–Crippen LogP) is 1.12. The third-order valence-corrected chi connectivity index (χ3v) is 3.59. The molecule has 28 heavy (non-hydrogen) atoms. The summed E-state index contributed by atoms with van der Waals surface area (Å²) in [6.07, 6.45) is -9.72. The van der Waals surface area contributed by atoms with Crippen LogP contribution < -0.4 is 4.74 Å². The zero-order valence-electron chi connectivity index (χ0n) is 14.8. The van der Waals surface area contributed by atoms with E-state index in [2.05, 4.69) is 15.0 Å². The second-order valence-electron chi connectivity index (χ2n) is 5.67. The Balaban J connectivity index is 2.47. The fraction of sp³-hybridized carbons (Fsp3) is 0.438. The first-order chi connectivity index (χ1) is 13.0. The maximum Gasteiger partial charge on any atom is 0.573 e. The molecule has 0 saturated carbocycles. The number of carbonyl (C=O) groups is 1. The van der Waals surface area contributed by atoms with E-state index in [1.165, 1.54) is 19.1 Å². The van der Waals surface area contributed by atoms with Crippen LogP contribution in [-0.2, 0) is 4.74 Å². The molecule has 0 radical (unpaired) electrons. The molecule has 3 N–H and O–H groups in total. The number of benzene rings is 1. The molecule has 0 unspecified atom stereocenters. The van der Waals surface area contributed by atoms with Crippen molar-refractivity contribution >= 4 is 5.97 Å². The van der Waals surface area contributed by atoms with E-state index in [0.717, 1.165) is 16.8 Å². The molecule has 0 aliphatic rings. The number of aromatic nitrogens is 3. The average molecular weight is 405 g/mol. The average Bonchev–Trinajstić information content (AvgIpc) is 3.05. The quantitative estimate of drug-likeness (QED) is 0.585. The van der Waals surface area contributed by atoms with Gasteiger partial charge in [-0.25, -0.2) is 9.48 Å². The molecule has 0 spiro atoms. The summed E-state index contributed by atoms with van der Waals surface area (Å²) < 4.78 is 46.4. The highest BCUT2D eigenvalue weighted by atomic mass is 19.4. The SMILES string of the molecule is CCOC(=O)c1nnn(-c2ccc(OC(F)(F)F)cc2)c1[C@H](O)[C@@H](O)[C@H](C)O. The molecule has 1 aromatic carbocycles. The lowest BCUT2D eigenvalue weighted by Crippen LogP contribution is -2.32. The van der Waals surface area contributed by atoms with Gasteiger partial charge < -0.3 is 24.8 Å². The molecule has 1 aromatic heterocycles. The molecule has 1 heterocycles. The molecule has 154 valence electrons. The Morgan fingerprint density at radius 3 is 2.32 bits per heavy atom. The van der Waals surface area contributed by atoms with Crippen molar-refractivity contribution in [2.75, 3.05) is 6.61 Å². The summed E-state index contributed by atoms with van der Waals surface area (Å²) in [5.41, 5.74) is -0.592. The van der Waals surface area contributed by atoms with E-state index in [1.54, 1.807) is 6.92 Å². The molecular weight excluding hydrogens is 387 g/mol. The third kappa shape index (κ3) is 4.97. The van der Waals surface area contributed by atoms with Crippen molar-refractivity contribution in [2.45, 2.75) is 38.5 Å². The molecule has 2 rings (SSSR count). The maximum atomic E-state index is 12.3. The monoisotopic (exact) mass is 405 g/mol. The Kier molecular flexibility index (Phi) is 6.59. The molecule has 12 heteroatoms. The lowest BCUT2D eigenvalue weighted by Gasteiger charge is -2.21. The second kappa shape index (κ2) is 8.54. The first kappa shape index (κ1) is 21.6. The lowest BCUT2D eigenvalue weighted by molar-refractivity contribution is -0.274. The van der Waals surface area contributed by atoms with Crippen molar-refractivity contribution in [1.29, 1.82) is 0 Å². The summed E-state index contributed by atoms with van der Waals surface area (Å²) >= 11 is 0. The molecule has 0 saturated heterocycles. The van der Waals surface area contributed by atoms with Gasteiger partial charge in [-0.2, -0.15) is 0 Å². The largest absolute Gasteiger partial charge is 0.573 e. The topological polar surface area (TPSA) is 127 Å². The van der Waals surface area contributed by atoms with E-state index >= 15 is 0 Å². The number of hydrogen-bond acceptors (Lipinski definition) is 8. The lowest BCUT2D eigenvalue weighted by atomic mass is 10.0. The van der Waals surface area contributed by atoms with Gasteiger partial charge >= 0.3 is 12.3 Å². The Morgan fingerprint density at radius 1 is 1.21 bits per heavy atom. The summed E-state index contributed by atoms with van der Waals surface area (Å²) in [4.78, 5) is 12.1. The van der Waals surface area contributed by atoms with Crippen LogP contribution in [0, 0.1) is 0 Å². The van der Waals surface area contributed by atoms with Crippen molar-refractivity contribution in [3.63, 3.8) is 0 Å². The van der Waals surface area contributed by atoms with Crippen LogP contribution in [0.5, 0.6) is 5.75 Å². The summed E-state index contributed by atoms with van der Waals surface area (Å²) in [6, 6.07) is 4.34. The Labute approximate surface area is 156 Å². The van der Waals surface area contributed by atoms with Crippen LogP contribution in [-0.4, -0.2) is 61.5 Å². The maximum absolute atomic E-state index is 12.3. The zero-order valence-corrected chi connectivity index (χ0v) is 14.8. The summed E-state index contributed by atoms with van der Waals surface area (Å²) in [7, 11) is 0. The Hall–Kier alpha value is -2.70. The summed E-state index contributed by atoms with van der Waals surface area (Å²) in [5.74, 6) is -1.43. The van der Waals surface area contributed by atoms with Crippen LogP contribution in [0.1, 0.15) is 36.1 Å². The molecule has 9 nitrogen and oxygen atoms in total. The van der Waals surface area contributed by atoms with Crippen molar-refractivity contribution in [3.8, 4) is 11.4 Å². The van der Waals surface area contributed by atoms with Crippen LogP contribution >= 0.6 is 0 Å². The van der Waals surface area contributed by atoms with Gasteiger partial charge in [0.2, 0.25) is 0 Å². The van der Waals surface area contributed by atoms with Gasteiger partial charge in [0.1, 0.15) is 23.7 Å². The normalized spacial score (nSPS) is 15.0. The van der Waals surface area contributed by atoms with Gasteiger partial charge in [-0.1, -0.05) is 5.21 Å². The molecule has 0 fully saturated rings. The highest BCUT2D eigenvalue weighted by molar-refractivity contribution is 5.88. The number of aliphatic hydroxyl groups is 3. The van der Waals surface area contributed by atoms with E-state index in [4.69, 9.17) is 4.74 Å². The van der Waals surface area contributed by atoms with E-state index < -0.39 is 42.1 Å². The van der Waals surface area contributed by atoms with Gasteiger partial charge in [-0.05, 0) is 38.1 Å².